The van der Waals surface area contributed by atoms with Gasteiger partial charge in [-0.25, -0.2) is 0 Å². The highest BCUT2D eigenvalue weighted by Gasteiger charge is 2.18. The molecular formula is C16H16N4O5. The molecule has 0 aromatic carbocycles. The number of nitrogens with zero attached hydrogens (tertiary/aromatic N) is 3. The van der Waals surface area contributed by atoms with Gasteiger partial charge in [0.15, 0.2) is 0 Å². The molecule has 0 spiro atoms. The molecular weight excluding hydrogens is 328 g/mol. The van der Waals surface area contributed by atoms with Gasteiger partial charge in [0, 0.05) is 12.7 Å². The van der Waals surface area contributed by atoms with Gasteiger partial charge in [0.25, 0.3) is 11.8 Å². The predicted molar refractivity (Wildman–Crippen MR) is 84.7 cm³/mol. The summed E-state index contributed by atoms with van der Waals surface area (Å²) >= 11 is 0. The van der Waals surface area contributed by atoms with Crippen molar-refractivity contribution in [3.05, 3.63) is 47.5 Å². The predicted octanol–water partition coefficient (Wildman–Crippen LogP) is 1.33. The number of nitrogens with one attached hydrogen (secondary N) is 1. The first-order chi connectivity index (χ1) is 12.2. The van der Waals surface area contributed by atoms with Gasteiger partial charge in [0.1, 0.15) is 18.1 Å². The minimum absolute atomic E-state index is 0.00422. The standard InChI is InChI=1S/C16H16N4O5/c1-10-11(15(20-24-10)12-4-2-3-5-17-12)9-23-14-8-13(25-19-14)16(22)18-6-7-21/h2-5,8,21H,6-7,9H2,1H3,(H,18,22). The first kappa shape index (κ1) is 16.7. The molecule has 3 aromatic heterocycles. The maximum absolute atomic E-state index is 11.7. The zero-order valence-electron chi connectivity index (χ0n) is 13.4. The molecule has 0 radical (unpaired) electrons. The fourth-order valence-corrected chi connectivity index (χ4v) is 2.10. The summed E-state index contributed by atoms with van der Waals surface area (Å²) in [4.78, 5) is 15.9. The molecule has 0 saturated carbocycles. The van der Waals surface area contributed by atoms with Crippen LogP contribution in [-0.2, 0) is 6.61 Å². The van der Waals surface area contributed by atoms with E-state index in [1.165, 1.54) is 6.07 Å². The third kappa shape index (κ3) is 3.83. The van der Waals surface area contributed by atoms with Crippen molar-refractivity contribution < 1.29 is 23.7 Å². The number of aryl methyl sites for hydroxylation is 1. The summed E-state index contributed by atoms with van der Waals surface area (Å²) in [6, 6.07) is 6.85. The van der Waals surface area contributed by atoms with Crippen molar-refractivity contribution in [2.24, 2.45) is 0 Å². The van der Waals surface area contributed by atoms with Crippen LogP contribution >= 0.6 is 0 Å². The lowest BCUT2D eigenvalue weighted by atomic mass is 10.1. The second kappa shape index (κ2) is 7.58. The second-order valence-electron chi connectivity index (χ2n) is 5.08. The van der Waals surface area contributed by atoms with Gasteiger partial charge >= 0.3 is 0 Å². The van der Waals surface area contributed by atoms with Gasteiger partial charge in [0.2, 0.25) is 5.76 Å². The number of rotatable bonds is 7. The normalized spacial score (nSPS) is 10.6. The van der Waals surface area contributed by atoms with Gasteiger partial charge in [-0.05, 0) is 24.2 Å². The van der Waals surface area contributed by atoms with E-state index in [9.17, 15) is 4.79 Å². The smallest absolute Gasteiger partial charge is 0.290 e. The molecule has 3 aromatic rings. The summed E-state index contributed by atoms with van der Waals surface area (Å²) in [6.07, 6.45) is 1.67. The van der Waals surface area contributed by atoms with Crippen molar-refractivity contribution in [2.75, 3.05) is 13.2 Å². The Morgan fingerprint density at radius 2 is 2.20 bits per heavy atom. The van der Waals surface area contributed by atoms with E-state index >= 15 is 0 Å². The molecule has 130 valence electrons. The number of ether oxygens (including phenoxy) is 1. The van der Waals surface area contributed by atoms with E-state index < -0.39 is 5.91 Å². The summed E-state index contributed by atoms with van der Waals surface area (Å²) in [6.45, 7) is 1.87. The molecule has 0 bridgehead atoms. The van der Waals surface area contributed by atoms with Crippen LogP contribution in [0.4, 0.5) is 0 Å². The number of aliphatic hydroxyl groups excluding tert-OH is 1. The third-order valence-electron chi connectivity index (χ3n) is 3.37. The number of amides is 1. The number of aliphatic hydroxyl groups is 1. The van der Waals surface area contributed by atoms with Crippen molar-refractivity contribution in [1.29, 1.82) is 0 Å². The fraction of sp³-hybridized carbons (Fsp3) is 0.250. The monoisotopic (exact) mass is 344 g/mol. The molecule has 0 saturated heterocycles. The lowest BCUT2D eigenvalue weighted by molar-refractivity contribution is 0.0907. The van der Waals surface area contributed by atoms with Crippen molar-refractivity contribution in [3.8, 4) is 17.3 Å². The molecule has 3 heterocycles. The van der Waals surface area contributed by atoms with Gasteiger partial charge in [-0.15, -0.1) is 0 Å². The fourth-order valence-electron chi connectivity index (χ4n) is 2.10. The summed E-state index contributed by atoms with van der Waals surface area (Å²) in [7, 11) is 0. The molecule has 0 unspecified atom stereocenters. The zero-order valence-corrected chi connectivity index (χ0v) is 13.4. The average Bonchev–Trinajstić information content (AvgIpc) is 3.25. The summed E-state index contributed by atoms with van der Waals surface area (Å²) < 4.78 is 15.7. The van der Waals surface area contributed by atoms with Crippen molar-refractivity contribution >= 4 is 5.91 Å². The van der Waals surface area contributed by atoms with Crippen LogP contribution in [0.3, 0.4) is 0 Å². The summed E-state index contributed by atoms with van der Waals surface area (Å²) in [5.74, 6) is 0.272. The van der Waals surface area contributed by atoms with E-state index in [0.717, 1.165) is 5.56 Å². The molecule has 2 N–H and O–H groups in total. The van der Waals surface area contributed by atoms with Crippen LogP contribution in [0, 0.1) is 6.92 Å². The molecule has 9 heteroatoms. The largest absolute Gasteiger partial charge is 0.470 e. The number of carbonyl (C=O) groups is 1. The maximum atomic E-state index is 11.7. The van der Waals surface area contributed by atoms with Crippen molar-refractivity contribution in [3.63, 3.8) is 0 Å². The molecule has 9 nitrogen and oxygen atoms in total. The molecule has 1 amide bonds. The van der Waals surface area contributed by atoms with E-state index in [1.54, 1.807) is 13.1 Å². The maximum Gasteiger partial charge on any atom is 0.290 e. The van der Waals surface area contributed by atoms with Crippen LogP contribution in [0.1, 0.15) is 21.9 Å². The molecule has 0 atom stereocenters. The van der Waals surface area contributed by atoms with Gasteiger partial charge in [-0.3, -0.25) is 9.78 Å². The van der Waals surface area contributed by atoms with Crippen LogP contribution in [0.5, 0.6) is 5.88 Å². The van der Waals surface area contributed by atoms with E-state index in [2.05, 4.69) is 20.6 Å². The molecule has 0 fully saturated rings. The molecule has 25 heavy (non-hydrogen) atoms. The molecule has 0 aliphatic heterocycles. The Balaban J connectivity index is 1.70. The first-order valence-corrected chi connectivity index (χ1v) is 7.54. The van der Waals surface area contributed by atoms with Crippen LogP contribution in [-0.4, -0.2) is 39.5 Å². The zero-order chi connectivity index (χ0) is 17.6. The SMILES string of the molecule is Cc1onc(-c2ccccn2)c1COc1cc(C(=O)NCCO)on1. The van der Waals surface area contributed by atoms with E-state index in [-0.39, 0.29) is 31.4 Å². The molecule has 0 aliphatic carbocycles. The van der Waals surface area contributed by atoms with E-state index in [1.807, 2.05) is 18.2 Å². The van der Waals surface area contributed by atoms with Gasteiger partial charge < -0.3 is 24.2 Å². The lowest BCUT2D eigenvalue weighted by Crippen LogP contribution is -2.25. The Hall–Kier alpha value is -3.20. The van der Waals surface area contributed by atoms with Crippen LogP contribution in [0.25, 0.3) is 11.4 Å². The average molecular weight is 344 g/mol. The Morgan fingerprint density at radius 3 is 2.96 bits per heavy atom. The van der Waals surface area contributed by atoms with Crippen molar-refractivity contribution in [1.82, 2.24) is 20.6 Å². The lowest BCUT2D eigenvalue weighted by Gasteiger charge is -2.02. The van der Waals surface area contributed by atoms with Gasteiger partial charge in [-0.1, -0.05) is 11.2 Å². The summed E-state index contributed by atoms with van der Waals surface area (Å²) in [5, 5.41) is 18.9. The topological polar surface area (TPSA) is 124 Å². The van der Waals surface area contributed by atoms with Crippen LogP contribution in [0.2, 0.25) is 0 Å². The quantitative estimate of drug-likeness (QED) is 0.658. The van der Waals surface area contributed by atoms with Crippen LogP contribution < -0.4 is 10.1 Å². The summed E-state index contributed by atoms with van der Waals surface area (Å²) in [5.41, 5.74) is 1.98. The Bertz CT molecular complexity index is 843. The highest BCUT2D eigenvalue weighted by Crippen LogP contribution is 2.25. The number of carbonyl (C=O) groups excluding carboxylic acids is 1. The number of hydrogen-bond acceptors (Lipinski definition) is 8. The third-order valence-corrected chi connectivity index (χ3v) is 3.37. The highest BCUT2D eigenvalue weighted by molar-refractivity contribution is 5.91. The first-order valence-electron chi connectivity index (χ1n) is 7.54. The van der Waals surface area contributed by atoms with Crippen molar-refractivity contribution in [2.45, 2.75) is 13.5 Å². The second-order valence-corrected chi connectivity index (χ2v) is 5.08. The van der Waals surface area contributed by atoms with Gasteiger partial charge in [0.05, 0.1) is 23.9 Å². The number of hydrogen-bond donors (Lipinski definition) is 2. The number of aromatic nitrogens is 3. The van der Waals surface area contributed by atoms with E-state index in [4.69, 9.17) is 18.9 Å². The van der Waals surface area contributed by atoms with Gasteiger partial charge in [-0.2, -0.15) is 0 Å². The van der Waals surface area contributed by atoms with E-state index in [0.29, 0.717) is 17.1 Å². The Kier molecular flexibility index (Phi) is 5.05. The number of pyridine rings is 1. The Labute approximate surface area is 142 Å². The molecule has 3 rings (SSSR count). The molecule has 0 aliphatic rings. The highest BCUT2D eigenvalue weighted by atomic mass is 16.5. The Morgan fingerprint density at radius 1 is 1.32 bits per heavy atom. The minimum atomic E-state index is -0.480. The minimum Gasteiger partial charge on any atom is -0.470 e. The van der Waals surface area contributed by atoms with Crippen LogP contribution in [0.15, 0.2) is 39.5 Å².